The summed E-state index contributed by atoms with van der Waals surface area (Å²) >= 11 is 0. The van der Waals surface area contributed by atoms with E-state index in [9.17, 15) is 38.4 Å². The van der Waals surface area contributed by atoms with Crippen LogP contribution in [-0.2, 0) is 38.4 Å². The number of carboxylic acids is 1. The maximum Gasteiger partial charge on any atom is 0.322 e. The van der Waals surface area contributed by atoms with Gasteiger partial charge >= 0.3 is 5.97 Å². The van der Waals surface area contributed by atoms with Crippen molar-refractivity contribution in [3.05, 3.63) is 0 Å². The number of rotatable bonds is 39. The van der Waals surface area contributed by atoms with Crippen molar-refractivity contribution in [2.24, 2.45) is 40.1 Å². The van der Waals surface area contributed by atoms with Gasteiger partial charge in [0.1, 0.15) is 42.8 Å². The predicted octanol–water partition coefficient (Wildman–Crippen LogP) is -4.17. The van der Waals surface area contributed by atoms with Gasteiger partial charge < -0.3 is 82.5 Å². The number of nitrogens with one attached hydrogen (secondary N) is 7. The van der Waals surface area contributed by atoms with Crippen molar-refractivity contribution in [1.82, 2.24) is 37.2 Å². The van der Waals surface area contributed by atoms with Crippen LogP contribution in [-0.4, -0.2) is 141 Å². The van der Waals surface area contributed by atoms with Crippen LogP contribution in [0.15, 0.2) is 0 Å². The summed E-state index contributed by atoms with van der Waals surface area (Å²) in [5.74, 6) is -5.94. The number of aliphatic carboxylic acids is 1. The van der Waals surface area contributed by atoms with Crippen LogP contribution >= 0.6 is 0 Å². The summed E-state index contributed by atoms with van der Waals surface area (Å²) in [5.41, 5.74) is 39.6. The van der Waals surface area contributed by atoms with Crippen LogP contribution in [0.5, 0.6) is 0 Å². The first-order chi connectivity index (χ1) is 30.2. The van der Waals surface area contributed by atoms with Gasteiger partial charge in [-0.3, -0.25) is 38.4 Å². The molecule has 63 heavy (non-hydrogen) atoms. The number of carbonyl (C=O) groups is 8. The maximum absolute atomic E-state index is 14.1. The zero-order valence-corrected chi connectivity index (χ0v) is 37.1. The molecular formula is C40H80N14O9. The molecule has 0 aliphatic heterocycles. The molecule has 0 unspecified atom stereocenters. The minimum atomic E-state index is -1.27. The van der Waals surface area contributed by atoms with Gasteiger partial charge in [-0.25, -0.2) is 0 Å². The molecule has 7 amide bonds. The second-order valence-corrected chi connectivity index (χ2v) is 15.4. The first kappa shape index (κ1) is 58.5. The van der Waals surface area contributed by atoms with E-state index < -0.39 is 90.1 Å². The van der Waals surface area contributed by atoms with Crippen LogP contribution in [0.4, 0.5) is 0 Å². The highest BCUT2D eigenvalue weighted by molar-refractivity contribution is 5.97. The SMILES string of the molecule is NCCCC[C@H](NC(=O)CN)C(=O)N[C@@H](CCCCN)C(=O)N[C@@H](CCCCN)C(=O)N[C@@H](CCCCN)C(=O)N[C@@H](CCCCN)C(=O)N[C@@H](CCCCN)C(=O)NCC(=O)O. The largest absolute Gasteiger partial charge is 0.480 e. The number of carbonyl (C=O) groups excluding carboxylic acids is 7. The standard InChI is InChI=1S/C40H80N14O9/c41-19-7-1-13-27(35(58)48-26-34(56)57)50-37(60)29(15-3-9-21-43)52-39(62)31(17-5-11-23-45)54-40(63)32(18-6-12-24-46)53-38(61)30(16-4-10-22-44)51-36(59)28(14-2-8-20-42)49-33(55)25-47/h27-32H,1-26,41-47H2,(H,48,58)(H,49,55)(H,50,60)(H,51,59)(H,52,62)(H,53,61)(H,54,63)(H,56,57)/t27-,28-,29-,30-,31-,32-/m0/s1. The van der Waals surface area contributed by atoms with E-state index >= 15 is 0 Å². The summed E-state index contributed by atoms with van der Waals surface area (Å²) in [5, 5.41) is 27.5. The van der Waals surface area contributed by atoms with Gasteiger partial charge in [-0.15, -0.1) is 0 Å². The normalized spacial score (nSPS) is 13.9. The topological polar surface area (TPSA) is 423 Å². The quantitative estimate of drug-likeness (QED) is 0.0260. The first-order valence-electron chi connectivity index (χ1n) is 22.4. The van der Waals surface area contributed by atoms with Gasteiger partial charge in [-0.2, -0.15) is 0 Å². The molecule has 0 aliphatic rings. The van der Waals surface area contributed by atoms with Gasteiger partial charge in [-0.05, 0) is 155 Å². The molecule has 23 heteroatoms. The Labute approximate surface area is 371 Å². The molecule has 0 radical (unpaired) electrons. The van der Waals surface area contributed by atoms with Crippen molar-refractivity contribution in [2.75, 3.05) is 52.4 Å². The molecule has 0 aromatic rings. The molecule has 22 N–H and O–H groups in total. The van der Waals surface area contributed by atoms with Crippen LogP contribution in [0.2, 0.25) is 0 Å². The molecule has 0 saturated carbocycles. The molecule has 23 nitrogen and oxygen atoms in total. The Bertz CT molecular complexity index is 1360. The smallest absolute Gasteiger partial charge is 0.322 e. The van der Waals surface area contributed by atoms with Gasteiger partial charge in [-0.1, -0.05) is 0 Å². The van der Waals surface area contributed by atoms with Gasteiger partial charge in [0.05, 0.1) is 6.54 Å². The molecule has 0 aromatic heterocycles. The molecule has 364 valence electrons. The van der Waals surface area contributed by atoms with Crippen molar-refractivity contribution in [2.45, 2.75) is 152 Å². The predicted molar refractivity (Wildman–Crippen MR) is 239 cm³/mol. The van der Waals surface area contributed by atoms with E-state index in [1.165, 1.54) is 0 Å². The number of unbranched alkanes of at least 4 members (excludes halogenated alkanes) is 6. The summed E-state index contributed by atoms with van der Waals surface area (Å²) in [6.45, 7) is 0.974. The lowest BCUT2D eigenvalue weighted by molar-refractivity contribution is -0.138. The Morgan fingerprint density at radius 3 is 0.762 bits per heavy atom. The van der Waals surface area contributed by atoms with Crippen molar-refractivity contribution in [3.63, 3.8) is 0 Å². The number of hydrogen-bond acceptors (Lipinski definition) is 15. The number of hydrogen-bond donors (Lipinski definition) is 15. The zero-order valence-electron chi connectivity index (χ0n) is 37.1. The molecule has 0 rings (SSSR count). The Kier molecular flexibility index (Phi) is 34.3. The number of nitrogens with two attached hydrogens (primary N) is 7. The van der Waals surface area contributed by atoms with Crippen LogP contribution < -0.4 is 77.4 Å². The lowest BCUT2D eigenvalue weighted by Gasteiger charge is -2.28. The number of carboxylic acid groups (broad SMARTS) is 1. The van der Waals surface area contributed by atoms with E-state index in [2.05, 4.69) is 37.2 Å². The van der Waals surface area contributed by atoms with Crippen LogP contribution in [0.3, 0.4) is 0 Å². The molecule has 0 heterocycles. The Morgan fingerprint density at radius 1 is 0.333 bits per heavy atom. The fraction of sp³-hybridized carbons (Fsp3) is 0.800. The summed E-state index contributed by atoms with van der Waals surface area (Å²) in [6, 6.07) is -6.78. The van der Waals surface area contributed by atoms with Crippen molar-refractivity contribution < 1.29 is 43.5 Å². The lowest BCUT2D eigenvalue weighted by Crippen LogP contribution is -2.59. The second kappa shape index (κ2) is 36.9. The van der Waals surface area contributed by atoms with E-state index in [4.69, 9.17) is 45.2 Å². The molecule has 0 aliphatic carbocycles. The van der Waals surface area contributed by atoms with Gasteiger partial charge in [0.2, 0.25) is 41.4 Å². The number of amides is 7. The monoisotopic (exact) mass is 901 g/mol. The average molecular weight is 901 g/mol. The van der Waals surface area contributed by atoms with E-state index in [-0.39, 0.29) is 45.1 Å². The molecule has 0 fully saturated rings. The molecule has 6 atom stereocenters. The molecular weight excluding hydrogens is 821 g/mol. The lowest BCUT2D eigenvalue weighted by atomic mass is 10.0. The minimum Gasteiger partial charge on any atom is -0.480 e. The van der Waals surface area contributed by atoms with Crippen molar-refractivity contribution in [1.29, 1.82) is 0 Å². The van der Waals surface area contributed by atoms with Crippen molar-refractivity contribution >= 4 is 47.3 Å². The molecule has 0 bridgehead atoms. The summed E-state index contributed by atoms with van der Waals surface area (Å²) in [7, 11) is 0. The van der Waals surface area contributed by atoms with Gasteiger partial charge in [0.15, 0.2) is 0 Å². The fourth-order valence-electron chi connectivity index (χ4n) is 6.47. The third-order valence-corrected chi connectivity index (χ3v) is 10.1. The van der Waals surface area contributed by atoms with E-state index in [0.717, 1.165) is 0 Å². The van der Waals surface area contributed by atoms with E-state index in [1.807, 2.05) is 0 Å². The van der Waals surface area contributed by atoms with Crippen LogP contribution in [0.25, 0.3) is 0 Å². The van der Waals surface area contributed by atoms with Gasteiger partial charge in [0.25, 0.3) is 0 Å². The average Bonchev–Trinajstić information content (AvgIpc) is 3.25. The summed E-state index contributed by atoms with van der Waals surface area (Å²) < 4.78 is 0. The maximum atomic E-state index is 14.1. The third kappa shape index (κ3) is 27.3. The van der Waals surface area contributed by atoms with E-state index in [0.29, 0.717) is 116 Å². The van der Waals surface area contributed by atoms with Crippen LogP contribution in [0, 0.1) is 0 Å². The fourth-order valence-corrected chi connectivity index (χ4v) is 6.47. The zero-order chi connectivity index (χ0) is 47.4. The Balaban J connectivity index is 6.54. The van der Waals surface area contributed by atoms with Crippen LogP contribution in [0.1, 0.15) is 116 Å². The third-order valence-electron chi connectivity index (χ3n) is 10.1. The highest BCUT2D eigenvalue weighted by atomic mass is 16.4. The Morgan fingerprint density at radius 2 is 0.556 bits per heavy atom. The first-order valence-corrected chi connectivity index (χ1v) is 22.4. The summed E-state index contributed by atoms with van der Waals surface area (Å²) in [6.07, 6.45) is 6.87. The van der Waals surface area contributed by atoms with Crippen molar-refractivity contribution in [3.8, 4) is 0 Å². The summed E-state index contributed by atoms with van der Waals surface area (Å²) in [4.78, 5) is 106. The molecule has 0 spiro atoms. The van der Waals surface area contributed by atoms with Gasteiger partial charge in [0, 0.05) is 0 Å². The molecule has 0 aromatic carbocycles. The molecule has 0 saturated heterocycles. The highest BCUT2D eigenvalue weighted by Gasteiger charge is 2.33. The van der Waals surface area contributed by atoms with E-state index in [1.54, 1.807) is 0 Å². The Hall–Kier alpha value is -4.52. The minimum absolute atomic E-state index is 0.118. The highest BCUT2D eigenvalue weighted by Crippen LogP contribution is 2.11. The second-order valence-electron chi connectivity index (χ2n) is 15.4.